The molecule has 0 N–H and O–H groups in total. The largest absolute Gasteiger partial charge is 0.488 e. The highest BCUT2D eigenvalue weighted by Crippen LogP contribution is 2.28. The van der Waals surface area contributed by atoms with E-state index in [0.717, 1.165) is 4.47 Å². The zero-order valence-electron chi connectivity index (χ0n) is 6.84. The summed E-state index contributed by atoms with van der Waals surface area (Å²) in [5, 5.41) is 0. The first-order valence-corrected chi connectivity index (χ1v) is 4.62. The van der Waals surface area contributed by atoms with Crippen LogP contribution in [-0.2, 0) is 0 Å². The van der Waals surface area contributed by atoms with Crippen molar-refractivity contribution in [2.75, 3.05) is 6.61 Å². The highest BCUT2D eigenvalue weighted by atomic mass is 79.9. The first kappa shape index (κ1) is 8.51. The van der Waals surface area contributed by atoms with Gasteiger partial charge in [-0.25, -0.2) is 0 Å². The Bertz CT molecular complexity index is 396. The molecule has 2 nitrogen and oxygen atoms in total. The van der Waals surface area contributed by atoms with E-state index in [0.29, 0.717) is 23.5 Å². The Morgan fingerprint density at radius 1 is 1.46 bits per heavy atom. The highest BCUT2D eigenvalue weighted by molar-refractivity contribution is 9.10. The SMILES string of the molecule is C=C1COc2ccc(Br)cc2C1=O. The molecular formula is C10H7BrO2. The molecule has 2 rings (SSSR count). The van der Waals surface area contributed by atoms with E-state index in [-0.39, 0.29) is 5.78 Å². The molecule has 1 aromatic carbocycles. The van der Waals surface area contributed by atoms with Gasteiger partial charge in [0.05, 0.1) is 5.56 Å². The van der Waals surface area contributed by atoms with Gasteiger partial charge in [0.2, 0.25) is 0 Å². The van der Waals surface area contributed by atoms with E-state index >= 15 is 0 Å². The van der Waals surface area contributed by atoms with Gasteiger partial charge in [-0.3, -0.25) is 4.79 Å². The third kappa shape index (κ3) is 1.40. The quantitative estimate of drug-likeness (QED) is 0.650. The summed E-state index contributed by atoms with van der Waals surface area (Å²) >= 11 is 3.30. The fraction of sp³-hybridized carbons (Fsp3) is 0.100. The van der Waals surface area contributed by atoms with Gasteiger partial charge in [-0.15, -0.1) is 0 Å². The van der Waals surface area contributed by atoms with Crippen molar-refractivity contribution in [2.24, 2.45) is 0 Å². The minimum atomic E-state index is -0.0254. The normalized spacial score (nSPS) is 15.2. The Labute approximate surface area is 84.3 Å². The maximum atomic E-state index is 11.6. The van der Waals surface area contributed by atoms with Gasteiger partial charge in [-0.1, -0.05) is 22.5 Å². The predicted octanol–water partition coefficient (Wildman–Crippen LogP) is 2.58. The molecular weight excluding hydrogens is 232 g/mol. The van der Waals surface area contributed by atoms with Crippen LogP contribution in [0.5, 0.6) is 5.75 Å². The zero-order chi connectivity index (χ0) is 9.42. The lowest BCUT2D eigenvalue weighted by molar-refractivity contribution is 0.1000. The predicted molar refractivity (Wildman–Crippen MR) is 53.1 cm³/mol. The van der Waals surface area contributed by atoms with Gasteiger partial charge in [0.25, 0.3) is 0 Å². The molecule has 0 atom stereocenters. The summed E-state index contributed by atoms with van der Waals surface area (Å²) in [6, 6.07) is 5.38. The Balaban J connectivity index is 2.58. The molecule has 66 valence electrons. The lowest BCUT2D eigenvalue weighted by atomic mass is 10.0. The number of hydrogen-bond donors (Lipinski definition) is 0. The lowest BCUT2D eigenvalue weighted by Gasteiger charge is -2.17. The monoisotopic (exact) mass is 238 g/mol. The third-order valence-corrected chi connectivity index (χ3v) is 2.40. The second-order valence-corrected chi connectivity index (χ2v) is 3.78. The minimum Gasteiger partial charge on any atom is -0.488 e. The number of fused-ring (bicyclic) bond motifs is 1. The summed E-state index contributed by atoms with van der Waals surface area (Å²) in [6.45, 7) is 3.93. The fourth-order valence-corrected chi connectivity index (χ4v) is 1.59. The number of hydrogen-bond acceptors (Lipinski definition) is 2. The van der Waals surface area contributed by atoms with Gasteiger partial charge >= 0.3 is 0 Å². The van der Waals surface area contributed by atoms with Crippen molar-refractivity contribution in [3.05, 3.63) is 40.4 Å². The molecule has 1 heterocycles. The summed E-state index contributed by atoms with van der Waals surface area (Å²) < 4.78 is 6.19. The maximum Gasteiger partial charge on any atom is 0.195 e. The molecule has 0 radical (unpaired) electrons. The van der Waals surface area contributed by atoms with Crippen LogP contribution in [0, 0.1) is 0 Å². The van der Waals surface area contributed by atoms with Crippen molar-refractivity contribution in [1.82, 2.24) is 0 Å². The molecule has 0 aliphatic carbocycles. The van der Waals surface area contributed by atoms with E-state index < -0.39 is 0 Å². The molecule has 0 saturated heterocycles. The van der Waals surface area contributed by atoms with E-state index in [9.17, 15) is 4.79 Å². The van der Waals surface area contributed by atoms with Crippen LogP contribution < -0.4 is 4.74 Å². The van der Waals surface area contributed by atoms with Crippen LogP contribution >= 0.6 is 15.9 Å². The van der Waals surface area contributed by atoms with Gasteiger partial charge in [-0.05, 0) is 18.2 Å². The Kier molecular flexibility index (Phi) is 1.96. The summed E-state index contributed by atoms with van der Waals surface area (Å²) in [6.07, 6.45) is 0. The topological polar surface area (TPSA) is 26.3 Å². The van der Waals surface area contributed by atoms with E-state index in [1.807, 2.05) is 6.07 Å². The summed E-state index contributed by atoms with van der Waals surface area (Å²) in [5.74, 6) is 0.614. The van der Waals surface area contributed by atoms with E-state index in [1.165, 1.54) is 0 Å². The fourth-order valence-electron chi connectivity index (χ4n) is 1.23. The lowest BCUT2D eigenvalue weighted by Crippen LogP contribution is -2.18. The van der Waals surface area contributed by atoms with Crippen molar-refractivity contribution < 1.29 is 9.53 Å². The number of halogens is 1. The average molecular weight is 239 g/mol. The number of rotatable bonds is 0. The van der Waals surface area contributed by atoms with Crippen LogP contribution in [0.3, 0.4) is 0 Å². The molecule has 1 aliphatic heterocycles. The van der Waals surface area contributed by atoms with Crippen LogP contribution in [0.4, 0.5) is 0 Å². The van der Waals surface area contributed by atoms with Gasteiger partial charge < -0.3 is 4.74 Å². The Morgan fingerprint density at radius 2 is 2.23 bits per heavy atom. The number of carbonyl (C=O) groups excluding carboxylic acids is 1. The summed E-state index contributed by atoms with van der Waals surface area (Å²) in [5.41, 5.74) is 1.09. The van der Waals surface area contributed by atoms with Crippen molar-refractivity contribution >= 4 is 21.7 Å². The molecule has 0 unspecified atom stereocenters. The minimum absolute atomic E-state index is 0.0254. The van der Waals surface area contributed by atoms with Gasteiger partial charge in [0.1, 0.15) is 12.4 Å². The molecule has 0 amide bonds. The molecule has 0 aromatic heterocycles. The molecule has 0 bridgehead atoms. The highest BCUT2D eigenvalue weighted by Gasteiger charge is 2.21. The van der Waals surface area contributed by atoms with Crippen LogP contribution in [0.25, 0.3) is 0 Å². The molecule has 0 spiro atoms. The maximum absolute atomic E-state index is 11.6. The van der Waals surface area contributed by atoms with Crippen LogP contribution in [0.1, 0.15) is 10.4 Å². The van der Waals surface area contributed by atoms with Crippen LogP contribution in [0.15, 0.2) is 34.8 Å². The smallest absolute Gasteiger partial charge is 0.195 e. The first-order chi connectivity index (χ1) is 6.18. The average Bonchev–Trinajstić information content (AvgIpc) is 2.12. The van der Waals surface area contributed by atoms with Crippen molar-refractivity contribution in [3.63, 3.8) is 0 Å². The second kappa shape index (κ2) is 3.00. The number of benzene rings is 1. The van der Waals surface area contributed by atoms with Crippen molar-refractivity contribution in [2.45, 2.75) is 0 Å². The first-order valence-electron chi connectivity index (χ1n) is 3.83. The van der Waals surface area contributed by atoms with Crippen molar-refractivity contribution in [1.29, 1.82) is 0 Å². The second-order valence-electron chi connectivity index (χ2n) is 2.86. The molecule has 1 aromatic rings. The van der Waals surface area contributed by atoms with E-state index in [2.05, 4.69) is 22.5 Å². The standard InChI is InChI=1S/C10H7BrO2/c1-6-5-13-9-3-2-7(11)4-8(9)10(6)12/h2-4H,1,5H2. The number of carbonyl (C=O) groups is 1. The molecule has 0 fully saturated rings. The number of ether oxygens (including phenoxy) is 1. The summed E-state index contributed by atoms with van der Waals surface area (Å²) in [4.78, 5) is 11.6. The molecule has 3 heteroatoms. The molecule has 0 saturated carbocycles. The number of Topliss-reactive ketones (excluding diaryl/α,β-unsaturated/α-hetero) is 1. The van der Waals surface area contributed by atoms with Gasteiger partial charge in [-0.2, -0.15) is 0 Å². The third-order valence-electron chi connectivity index (χ3n) is 1.91. The Morgan fingerprint density at radius 3 is 3.00 bits per heavy atom. The molecule has 13 heavy (non-hydrogen) atoms. The Hall–Kier alpha value is -1.09. The molecule has 1 aliphatic rings. The number of ketones is 1. The van der Waals surface area contributed by atoms with Gasteiger partial charge in [0, 0.05) is 10.0 Å². The van der Waals surface area contributed by atoms with Gasteiger partial charge in [0.15, 0.2) is 5.78 Å². The van der Waals surface area contributed by atoms with Crippen molar-refractivity contribution in [3.8, 4) is 5.75 Å². The van der Waals surface area contributed by atoms with Crippen LogP contribution in [0.2, 0.25) is 0 Å². The van der Waals surface area contributed by atoms with E-state index in [4.69, 9.17) is 4.74 Å². The zero-order valence-corrected chi connectivity index (χ0v) is 8.43. The summed E-state index contributed by atoms with van der Waals surface area (Å²) in [7, 11) is 0. The van der Waals surface area contributed by atoms with Crippen LogP contribution in [-0.4, -0.2) is 12.4 Å². The van der Waals surface area contributed by atoms with E-state index in [1.54, 1.807) is 12.1 Å².